The van der Waals surface area contributed by atoms with Crippen molar-refractivity contribution < 1.29 is 4.79 Å². The lowest BCUT2D eigenvalue weighted by Gasteiger charge is -2.21. The van der Waals surface area contributed by atoms with Crippen LogP contribution < -0.4 is 5.73 Å². The summed E-state index contributed by atoms with van der Waals surface area (Å²) in [5.74, 6) is 0.267. The molecule has 1 rings (SSSR count). The van der Waals surface area contributed by atoms with E-state index in [1.807, 2.05) is 6.92 Å². The number of primary amides is 1. The molecule has 2 N–H and O–H groups in total. The highest BCUT2D eigenvalue weighted by atomic mass is 16.1. The van der Waals surface area contributed by atoms with E-state index in [-0.39, 0.29) is 12.5 Å². The van der Waals surface area contributed by atoms with E-state index in [1.54, 1.807) is 0 Å². The highest BCUT2D eigenvalue weighted by Gasteiger charge is 2.15. The van der Waals surface area contributed by atoms with Gasteiger partial charge in [0.2, 0.25) is 5.91 Å². The molecule has 1 aliphatic carbocycles. The maximum absolute atomic E-state index is 10.5. The van der Waals surface area contributed by atoms with Crippen LogP contribution >= 0.6 is 0 Å². The van der Waals surface area contributed by atoms with E-state index in [2.05, 4.69) is 4.99 Å². The first-order valence-electron chi connectivity index (χ1n) is 4.99. The smallest absolute Gasteiger partial charge is 0.239 e. The fourth-order valence-electron chi connectivity index (χ4n) is 1.85. The summed E-state index contributed by atoms with van der Waals surface area (Å²) in [5, 5.41) is 0. The van der Waals surface area contributed by atoms with Crippen molar-refractivity contribution in [2.75, 3.05) is 6.54 Å². The fraction of sp³-hybridized carbons (Fsp3) is 0.800. The molecular weight excluding hydrogens is 164 g/mol. The Morgan fingerprint density at radius 2 is 2.00 bits per heavy atom. The molecule has 74 valence electrons. The van der Waals surface area contributed by atoms with Gasteiger partial charge in [-0.15, -0.1) is 0 Å². The normalized spacial score (nSPS) is 20.2. The molecule has 0 bridgehead atoms. The van der Waals surface area contributed by atoms with Crippen molar-refractivity contribution in [3.63, 3.8) is 0 Å². The number of amides is 1. The van der Waals surface area contributed by atoms with Crippen molar-refractivity contribution in [1.82, 2.24) is 0 Å². The second-order valence-corrected chi connectivity index (χ2v) is 3.76. The van der Waals surface area contributed by atoms with Crippen molar-refractivity contribution in [1.29, 1.82) is 0 Å². The molecule has 0 saturated heterocycles. The Labute approximate surface area is 79.4 Å². The molecule has 0 aromatic carbocycles. The van der Waals surface area contributed by atoms with Gasteiger partial charge in [0, 0.05) is 5.71 Å². The first-order chi connectivity index (χ1) is 6.20. The number of aliphatic imine (C=N–C) groups is 1. The number of carbonyl (C=O) groups is 1. The van der Waals surface area contributed by atoms with Crippen molar-refractivity contribution in [3.05, 3.63) is 0 Å². The summed E-state index contributed by atoms with van der Waals surface area (Å²) >= 11 is 0. The van der Waals surface area contributed by atoms with Gasteiger partial charge in [-0.2, -0.15) is 0 Å². The molecule has 0 heterocycles. The van der Waals surface area contributed by atoms with Gasteiger partial charge in [-0.25, -0.2) is 0 Å². The Balaban J connectivity index is 2.39. The van der Waals surface area contributed by atoms with E-state index < -0.39 is 0 Å². The van der Waals surface area contributed by atoms with Gasteiger partial charge in [0.25, 0.3) is 0 Å². The number of carbonyl (C=O) groups excluding carboxylic acids is 1. The summed E-state index contributed by atoms with van der Waals surface area (Å²) in [6.07, 6.45) is 6.41. The third-order valence-electron chi connectivity index (χ3n) is 2.68. The molecule has 0 spiro atoms. The van der Waals surface area contributed by atoms with Gasteiger partial charge in [0.1, 0.15) is 6.54 Å². The number of hydrogen-bond acceptors (Lipinski definition) is 2. The van der Waals surface area contributed by atoms with Gasteiger partial charge in [-0.3, -0.25) is 9.79 Å². The second-order valence-electron chi connectivity index (χ2n) is 3.76. The largest absolute Gasteiger partial charge is 0.368 e. The minimum atomic E-state index is -0.338. The van der Waals surface area contributed by atoms with Crippen LogP contribution in [0.4, 0.5) is 0 Å². The minimum Gasteiger partial charge on any atom is -0.368 e. The van der Waals surface area contributed by atoms with Crippen LogP contribution in [0.25, 0.3) is 0 Å². The van der Waals surface area contributed by atoms with Crippen LogP contribution in [0, 0.1) is 5.92 Å². The molecule has 3 heteroatoms. The number of rotatable bonds is 3. The lowest BCUT2D eigenvalue weighted by Crippen LogP contribution is -2.19. The monoisotopic (exact) mass is 182 g/mol. The van der Waals surface area contributed by atoms with Crippen molar-refractivity contribution in [2.24, 2.45) is 16.6 Å². The zero-order chi connectivity index (χ0) is 9.68. The van der Waals surface area contributed by atoms with Gasteiger partial charge in [-0.1, -0.05) is 19.3 Å². The average molecular weight is 182 g/mol. The molecule has 1 saturated carbocycles. The molecule has 0 radical (unpaired) electrons. The Morgan fingerprint density at radius 3 is 2.54 bits per heavy atom. The van der Waals surface area contributed by atoms with Crippen molar-refractivity contribution in [3.8, 4) is 0 Å². The summed E-state index contributed by atoms with van der Waals surface area (Å²) in [6.45, 7) is 2.17. The first-order valence-corrected chi connectivity index (χ1v) is 4.99. The van der Waals surface area contributed by atoms with Gasteiger partial charge in [0.15, 0.2) is 0 Å². The van der Waals surface area contributed by atoms with Gasteiger partial charge < -0.3 is 5.73 Å². The molecule has 0 aliphatic heterocycles. The molecule has 0 atom stereocenters. The van der Waals surface area contributed by atoms with Crippen molar-refractivity contribution in [2.45, 2.75) is 39.0 Å². The number of nitrogens with two attached hydrogens (primary N) is 1. The lowest BCUT2D eigenvalue weighted by molar-refractivity contribution is -0.116. The molecule has 3 nitrogen and oxygen atoms in total. The Hall–Kier alpha value is -0.860. The van der Waals surface area contributed by atoms with Crippen LogP contribution in [-0.2, 0) is 4.79 Å². The molecule has 1 fully saturated rings. The Morgan fingerprint density at radius 1 is 1.38 bits per heavy atom. The molecule has 0 unspecified atom stereocenters. The van der Waals surface area contributed by atoms with Gasteiger partial charge in [0.05, 0.1) is 0 Å². The van der Waals surface area contributed by atoms with E-state index in [1.165, 1.54) is 32.1 Å². The van der Waals surface area contributed by atoms with E-state index in [4.69, 9.17) is 5.73 Å². The topological polar surface area (TPSA) is 55.4 Å². The quantitative estimate of drug-likeness (QED) is 0.661. The zero-order valence-electron chi connectivity index (χ0n) is 8.25. The van der Waals surface area contributed by atoms with Crippen molar-refractivity contribution >= 4 is 11.6 Å². The zero-order valence-corrected chi connectivity index (χ0v) is 8.25. The van der Waals surface area contributed by atoms with Gasteiger partial charge >= 0.3 is 0 Å². The van der Waals surface area contributed by atoms with Crippen LogP contribution in [0.2, 0.25) is 0 Å². The fourth-order valence-corrected chi connectivity index (χ4v) is 1.85. The predicted octanol–water partition coefficient (Wildman–Crippen LogP) is 1.51. The molecule has 0 aromatic heterocycles. The summed E-state index contributed by atoms with van der Waals surface area (Å²) < 4.78 is 0. The number of nitrogens with zero attached hydrogens (tertiary/aromatic N) is 1. The molecular formula is C10H18N2O. The maximum atomic E-state index is 10.5. The predicted molar refractivity (Wildman–Crippen MR) is 53.7 cm³/mol. The third kappa shape index (κ3) is 3.57. The SMILES string of the molecule is CC(=NCC(N)=O)C1CCCCC1. The third-order valence-corrected chi connectivity index (χ3v) is 2.68. The van der Waals surface area contributed by atoms with E-state index in [0.717, 1.165) is 5.71 Å². The van der Waals surface area contributed by atoms with Crippen LogP contribution in [0.15, 0.2) is 4.99 Å². The van der Waals surface area contributed by atoms with Crippen LogP contribution in [0.1, 0.15) is 39.0 Å². The lowest BCUT2D eigenvalue weighted by atomic mass is 9.86. The summed E-state index contributed by atoms with van der Waals surface area (Å²) in [4.78, 5) is 14.7. The minimum absolute atomic E-state index is 0.155. The molecule has 1 aliphatic rings. The molecule has 13 heavy (non-hydrogen) atoms. The van der Waals surface area contributed by atoms with Crippen LogP contribution in [0.5, 0.6) is 0 Å². The van der Waals surface area contributed by atoms with Gasteiger partial charge in [-0.05, 0) is 25.7 Å². The summed E-state index contributed by atoms with van der Waals surface area (Å²) in [5.41, 5.74) is 6.13. The average Bonchev–Trinajstić information content (AvgIpc) is 2.15. The van der Waals surface area contributed by atoms with E-state index >= 15 is 0 Å². The molecule has 1 amide bonds. The van der Waals surface area contributed by atoms with E-state index in [0.29, 0.717) is 5.92 Å². The number of hydrogen-bond donors (Lipinski definition) is 1. The standard InChI is InChI=1S/C10H18N2O/c1-8(12-7-10(11)13)9-5-3-2-4-6-9/h9H,2-7H2,1H3,(H2,11,13). The first kappa shape index (κ1) is 10.2. The maximum Gasteiger partial charge on any atom is 0.239 e. The second kappa shape index (κ2) is 5.00. The van der Waals surface area contributed by atoms with Crippen LogP contribution in [0.3, 0.4) is 0 Å². The molecule has 0 aromatic rings. The Kier molecular flexibility index (Phi) is 3.93. The highest BCUT2D eigenvalue weighted by Crippen LogP contribution is 2.24. The van der Waals surface area contributed by atoms with Crippen LogP contribution in [-0.4, -0.2) is 18.2 Å². The Bertz CT molecular complexity index is 205. The van der Waals surface area contributed by atoms with E-state index in [9.17, 15) is 4.79 Å². The highest BCUT2D eigenvalue weighted by molar-refractivity contribution is 5.87. The summed E-state index contributed by atoms with van der Waals surface area (Å²) in [7, 11) is 0. The summed E-state index contributed by atoms with van der Waals surface area (Å²) in [6, 6.07) is 0.